The van der Waals surface area contributed by atoms with Crippen molar-refractivity contribution in [3.05, 3.63) is 65.0 Å². The van der Waals surface area contributed by atoms with Crippen LogP contribution in [0.5, 0.6) is 0 Å². The van der Waals surface area contributed by atoms with Crippen molar-refractivity contribution in [2.75, 3.05) is 18.0 Å². The highest BCUT2D eigenvalue weighted by molar-refractivity contribution is 5.57. The fourth-order valence-electron chi connectivity index (χ4n) is 3.12. The lowest BCUT2D eigenvalue weighted by molar-refractivity contribution is 0.610. The van der Waals surface area contributed by atoms with Crippen molar-refractivity contribution in [2.45, 2.75) is 25.8 Å². The van der Waals surface area contributed by atoms with Gasteiger partial charge in [0.15, 0.2) is 0 Å². The van der Waals surface area contributed by atoms with E-state index in [1.54, 1.807) is 6.07 Å². The summed E-state index contributed by atoms with van der Waals surface area (Å²) in [5.74, 6) is -0.171. The molecule has 2 aromatic carbocycles. The molecule has 1 atom stereocenters. The summed E-state index contributed by atoms with van der Waals surface area (Å²) in [7, 11) is 0. The van der Waals surface area contributed by atoms with Crippen LogP contribution < -0.4 is 10.6 Å². The summed E-state index contributed by atoms with van der Waals surface area (Å²) >= 11 is 0. The Morgan fingerprint density at radius 2 is 1.62 bits per heavy atom. The molecule has 3 heteroatoms. The lowest BCUT2D eigenvalue weighted by Crippen LogP contribution is -2.29. The fourth-order valence-corrected chi connectivity index (χ4v) is 3.12. The number of anilines is 1. The van der Waals surface area contributed by atoms with E-state index in [1.807, 2.05) is 13.0 Å². The van der Waals surface area contributed by atoms with E-state index >= 15 is 0 Å². The molecule has 1 heterocycles. The lowest BCUT2D eigenvalue weighted by Gasteiger charge is -2.27. The average molecular weight is 284 g/mol. The van der Waals surface area contributed by atoms with Crippen molar-refractivity contribution in [2.24, 2.45) is 5.73 Å². The molecule has 2 aromatic rings. The van der Waals surface area contributed by atoms with Gasteiger partial charge in [-0.15, -0.1) is 0 Å². The fraction of sp³-hybridized carbons (Fsp3) is 0.333. The van der Waals surface area contributed by atoms with Crippen LogP contribution in [0.4, 0.5) is 10.1 Å². The molecule has 1 aliphatic heterocycles. The number of rotatable bonds is 2. The van der Waals surface area contributed by atoms with E-state index in [0.29, 0.717) is 5.69 Å². The SMILES string of the molecule is C[C@@H](N)c1cccc(F)c1N1CCc2ccccc2CC1. The molecule has 110 valence electrons. The molecule has 21 heavy (non-hydrogen) atoms. The molecule has 1 aliphatic rings. The highest BCUT2D eigenvalue weighted by Gasteiger charge is 2.20. The van der Waals surface area contributed by atoms with Crippen molar-refractivity contribution < 1.29 is 4.39 Å². The van der Waals surface area contributed by atoms with Crippen molar-refractivity contribution >= 4 is 5.69 Å². The molecule has 0 fully saturated rings. The molecule has 3 rings (SSSR count). The Morgan fingerprint density at radius 1 is 1.00 bits per heavy atom. The van der Waals surface area contributed by atoms with E-state index in [-0.39, 0.29) is 11.9 Å². The second kappa shape index (κ2) is 5.86. The second-order valence-corrected chi connectivity index (χ2v) is 5.72. The van der Waals surface area contributed by atoms with Crippen LogP contribution in [0.1, 0.15) is 29.7 Å². The largest absolute Gasteiger partial charge is 0.368 e. The maximum absolute atomic E-state index is 14.4. The molecule has 2 nitrogen and oxygen atoms in total. The zero-order chi connectivity index (χ0) is 14.8. The van der Waals surface area contributed by atoms with Crippen molar-refractivity contribution in [3.63, 3.8) is 0 Å². The maximum atomic E-state index is 14.4. The monoisotopic (exact) mass is 284 g/mol. The molecule has 0 aromatic heterocycles. The molecule has 2 N–H and O–H groups in total. The standard InChI is InChI=1S/C18H21FN2/c1-13(20)16-7-4-8-17(19)18(16)21-11-9-14-5-2-3-6-15(14)10-12-21/h2-8,13H,9-12,20H2,1H3/t13-/m1/s1. The highest BCUT2D eigenvalue weighted by atomic mass is 19.1. The van der Waals surface area contributed by atoms with Crippen molar-refractivity contribution in [3.8, 4) is 0 Å². The Bertz CT molecular complexity index is 610. The number of para-hydroxylation sites is 1. The van der Waals surface area contributed by atoms with Gasteiger partial charge in [0.25, 0.3) is 0 Å². The molecule has 0 amide bonds. The lowest BCUT2D eigenvalue weighted by atomic mass is 10.0. The van der Waals surface area contributed by atoms with Crippen LogP contribution in [0.3, 0.4) is 0 Å². The smallest absolute Gasteiger partial charge is 0.146 e. The second-order valence-electron chi connectivity index (χ2n) is 5.72. The number of halogens is 1. The van der Waals surface area contributed by atoms with Crippen LogP contribution in [0.25, 0.3) is 0 Å². The molecule has 0 unspecified atom stereocenters. The highest BCUT2D eigenvalue weighted by Crippen LogP contribution is 2.30. The van der Waals surface area contributed by atoms with Gasteiger partial charge in [0.2, 0.25) is 0 Å². The quantitative estimate of drug-likeness (QED) is 0.915. The van der Waals surface area contributed by atoms with Gasteiger partial charge in [-0.2, -0.15) is 0 Å². The van der Waals surface area contributed by atoms with Crippen LogP contribution in [0.15, 0.2) is 42.5 Å². The first-order chi connectivity index (χ1) is 10.2. The van der Waals surface area contributed by atoms with Crippen molar-refractivity contribution in [1.29, 1.82) is 0 Å². The Hall–Kier alpha value is -1.87. The predicted molar refractivity (Wildman–Crippen MR) is 85.1 cm³/mol. The Kier molecular flexibility index (Phi) is 3.93. The summed E-state index contributed by atoms with van der Waals surface area (Å²) in [6.07, 6.45) is 1.89. The van der Waals surface area contributed by atoms with Gasteiger partial charge in [-0.1, -0.05) is 36.4 Å². The number of nitrogens with two attached hydrogens (primary N) is 1. The van der Waals surface area contributed by atoms with Gasteiger partial charge in [0, 0.05) is 19.1 Å². The number of nitrogens with zero attached hydrogens (tertiary/aromatic N) is 1. The van der Waals surface area contributed by atoms with Gasteiger partial charge < -0.3 is 10.6 Å². The zero-order valence-corrected chi connectivity index (χ0v) is 12.3. The summed E-state index contributed by atoms with van der Waals surface area (Å²) in [6, 6.07) is 13.5. The molecule has 0 bridgehead atoms. The Labute approximate surface area is 125 Å². The predicted octanol–water partition coefficient (Wildman–Crippen LogP) is 3.45. The van der Waals surface area contributed by atoms with Gasteiger partial charge >= 0.3 is 0 Å². The molecular formula is C18H21FN2. The third-order valence-corrected chi connectivity index (χ3v) is 4.25. The summed E-state index contributed by atoms with van der Waals surface area (Å²) in [4.78, 5) is 2.15. The molecular weight excluding hydrogens is 263 g/mol. The molecule has 0 saturated carbocycles. The molecule has 0 radical (unpaired) electrons. The van der Waals surface area contributed by atoms with Crippen LogP contribution in [0.2, 0.25) is 0 Å². The van der Waals surface area contributed by atoms with Crippen LogP contribution in [0, 0.1) is 5.82 Å². The maximum Gasteiger partial charge on any atom is 0.146 e. The van der Waals surface area contributed by atoms with E-state index in [2.05, 4.69) is 29.2 Å². The van der Waals surface area contributed by atoms with E-state index < -0.39 is 0 Å². The minimum absolute atomic E-state index is 0.165. The van der Waals surface area contributed by atoms with Crippen LogP contribution in [-0.2, 0) is 12.8 Å². The van der Waals surface area contributed by atoms with Gasteiger partial charge in [-0.25, -0.2) is 4.39 Å². The number of hydrogen-bond donors (Lipinski definition) is 1. The zero-order valence-electron chi connectivity index (χ0n) is 12.3. The minimum atomic E-state index is -0.171. The van der Waals surface area contributed by atoms with E-state index in [9.17, 15) is 4.39 Å². The first-order valence-electron chi connectivity index (χ1n) is 7.52. The van der Waals surface area contributed by atoms with Gasteiger partial charge in [0.05, 0.1) is 5.69 Å². The number of hydrogen-bond acceptors (Lipinski definition) is 2. The summed E-state index contributed by atoms with van der Waals surface area (Å²) in [5, 5.41) is 0. The minimum Gasteiger partial charge on any atom is -0.368 e. The van der Waals surface area contributed by atoms with E-state index in [4.69, 9.17) is 5.73 Å². The topological polar surface area (TPSA) is 29.3 Å². The van der Waals surface area contributed by atoms with Crippen molar-refractivity contribution in [1.82, 2.24) is 0 Å². The average Bonchev–Trinajstić information content (AvgIpc) is 2.69. The Balaban J connectivity index is 1.93. The number of fused-ring (bicyclic) bond motifs is 1. The normalized spacial score (nSPS) is 16.2. The van der Waals surface area contributed by atoms with Gasteiger partial charge in [-0.05, 0) is 42.5 Å². The Morgan fingerprint density at radius 3 is 2.19 bits per heavy atom. The molecule has 0 spiro atoms. The third kappa shape index (κ3) is 2.79. The van der Waals surface area contributed by atoms with E-state index in [0.717, 1.165) is 31.5 Å². The van der Waals surface area contributed by atoms with Crippen LogP contribution in [-0.4, -0.2) is 13.1 Å². The first-order valence-corrected chi connectivity index (χ1v) is 7.52. The van der Waals surface area contributed by atoms with Gasteiger partial charge in [0.1, 0.15) is 5.82 Å². The van der Waals surface area contributed by atoms with Crippen LogP contribution >= 0.6 is 0 Å². The molecule has 0 aliphatic carbocycles. The summed E-state index contributed by atoms with van der Waals surface area (Å²) in [6.45, 7) is 3.57. The first kappa shape index (κ1) is 14.1. The third-order valence-electron chi connectivity index (χ3n) is 4.25. The molecule has 0 saturated heterocycles. The van der Waals surface area contributed by atoms with Gasteiger partial charge in [-0.3, -0.25) is 0 Å². The summed E-state index contributed by atoms with van der Waals surface area (Å²) < 4.78 is 14.4. The number of benzene rings is 2. The summed E-state index contributed by atoms with van der Waals surface area (Å²) in [5.41, 5.74) is 10.3. The van der Waals surface area contributed by atoms with E-state index in [1.165, 1.54) is 17.2 Å².